The number of amides is 1. The van der Waals surface area contributed by atoms with Crippen molar-refractivity contribution in [1.82, 2.24) is 0 Å². The van der Waals surface area contributed by atoms with E-state index in [-0.39, 0.29) is 12.1 Å². The van der Waals surface area contributed by atoms with Crippen molar-refractivity contribution < 1.29 is 23.1 Å². The van der Waals surface area contributed by atoms with Crippen LogP contribution < -0.4 is 5.32 Å². The van der Waals surface area contributed by atoms with Gasteiger partial charge in [0.2, 0.25) is 5.91 Å². The van der Waals surface area contributed by atoms with Crippen LogP contribution in [0.15, 0.2) is 54.6 Å². The van der Waals surface area contributed by atoms with Crippen LogP contribution in [0.3, 0.4) is 0 Å². The lowest BCUT2D eigenvalue weighted by atomic mass is 10.1. The van der Waals surface area contributed by atoms with Crippen LogP contribution in [0.1, 0.15) is 23.7 Å². The van der Waals surface area contributed by atoms with Gasteiger partial charge in [-0.3, -0.25) is 4.79 Å². The topological polar surface area (TPSA) is 49.3 Å². The lowest BCUT2D eigenvalue weighted by Gasteiger charge is -2.12. The molecule has 0 aliphatic carbocycles. The summed E-state index contributed by atoms with van der Waals surface area (Å²) in [6, 6.07) is 12.9. The zero-order valence-electron chi connectivity index (χ0n) is 11.5. The van der Waals surface area contributed by atoms with Gasteiger partial charge in [0.15, 0.2) is 0 Å². The Morgan fingerprint density at radius 3 is 2.41 bits per heavy atom. The second-order valence-corrected chi connectivity index (χ2v) is 4.76. The van der Waals surface area contributed by atoms with Gasteiger partial charge in [0.25, 0.3) is 0 Å². The molecule has 116 valence electrons. The maximum absolute atomic E-state index is 12.6. The van der Waals surface area contributed by atoms with Gasteiger partial charge in [-0.1, -0.05) is 36.4 Å². The van der Waals surface area contributed by atoms with E-state index in [9.17, 15) is 23.1 Å². The van der Waals surface area contributed by atoms with Gasteiger partial charge in [0.1, 0.15) is 0 Å². The molecule has 1 amide bonds. The Bertz CT molecular complexity index is 641. The van der Waals surface area contributed by atoms with Crippen LogP contribution in [-0.2, 0) is 11.0 Å². The number of alkyl halides is 3. The molecule has 2 N–H and O–H groups in total. The van der Waals surface area contributed by atoms with E-state index in [1.165, 1.54) is 12.1 Å². The van der Waals surface area contributed by atoms with E-state index in [4.69, 9.17) is 0 Å². The van der Waals surface area contributed by atoms with Crippen LogP contribution in [0, 0.1) is 0 Å². The summed E-state index contributed by atoms with van der Waals surface area (Å²) in [7, 11) is 0. The molecule has 0 aliphatic heterocycles. The molecule has 2 aromatic carbocycles. The Morgan fingerprint density at radius 2 is 1.77 bits per heavy atom. The molecule has 0 saturated carbocycles. The smallest absolute Gasteiger partial charge is 0.388 e. The molecule has 0 aliphatic rings. The summed E-state index contributed by atoms with van der Waals surface area (Å²) in [6.07, 6.45) is -5.71. The van der Waals surface area contributed by atoms with E-state index in [0.717, 1.165) is 12.1 Å². The number of nitrogens with one attached hydrogen (secondary N) is 1. The zero-order chi connectivity index (χ0) is 16.2. The number of hydrogen-bond acceptors (Lipinski definition) is 2. The fourth-order valence-electron chi connectivity index (χ4n) is 1.95. The van der Waals surface area contributed by atoms with Crippen LogP contribution in [0.25, 0.3) is 0 Å². The van der Waals surface area contributed by atoms with E-state index in [2.05, 4.69) is 5.32 Å². The third-order valence-electron chi connectivity index (χ3n) is 3.04. The standard InChI is InChI=1S/C16H14F3NO2/c17-16(18,19)12-7-4-8-13(9-12)20-15(22)10-14(21)11-5-2-1-3-6-11/h1-9,14,21H,10H2,(H,20,22). The number of anilines is 1. The fourth-order valence-corrected chi connectivity index (χ4v) is 1.95. The van der Waals surface area contributed by atoms with Crippen molar-refractivity contribution in [2.75, 3.05) is 5.32 Å². The first-order chi connectivity index (χ1) is 10.4. The molecule has 0 fully saturated rings. The van der Waals surface area contributed by atoms with Crippen molar-refractivity contribution in [3.63, 3.8) is 0 Å². The third-order valence-corrected chi connectivity index (χ3v) is 3.04. The first-order valence-corrected chi connectivity index (χ1v) is 6.56. The molecule has 0 spiro atoms. The Morgan fingerprint density at radius 1 is 1.09 bits per heavy atom. The van der Waals surface area contributed by atoms with Gasteiger partial charge in [0, 0.05) is 5.69 Å². The molecular weight excluding hydrogens is 295 g/mol. The molecule has 0 bridgehead atoms. The predicted octanol–water partition coefficient (Wildman–Crippen LogP) is 3.77. The van der Waals surface area contributed by atoms with E-state index in [1.807, 2.05) is 0 Å². The Balaban J connectivity index is 2.01. The minimum atomic E-state index is -4.47. The molecule has 0 aromatic heterocycles. The molecule has 2 aromatic rings. The van der Waals surface area contributed by atoms with Crippen LogP contribution in [0.4, 0.5) is 18.9 Å². The first kappa shape index (κ1) is 16.0. The Labute approximate surface area is 125 Å². The average Bonchev–Trinajstić information content (AvgIpc) is 2.47. The van der Waals surface area contributed by atoms with Crippen LogP contribution in [0.2, 0.25) is 0 Å². The van der Waals surface area contributed by atoms with Gasteiger partial charge in [-0.05, 0) is 23.8 Å². The molecule has 1 unspecified atom stereocenters. The lowest BCUT2D eigenvalue weighted by molar-refractivity contribution is -0.137. The number of hydrogen-bond donors (Lipinski definition) is 2. The summed E-state index contributed by atoms with van der Waals surface area (Å²) in [6.45, 7) is 0. The summed E-state index contributed by atoms with van der Waals surface area (Å²) in [5.74, 6) is -0.560. The number of carbonyl (C=O) groups excluding carboxylic acids is 1. The predicted molar refractivity (Wildman–Crippen MR) is 76.1 cm³/mol. The molecule has 6 heteroatoms. The largest absolute Gasteiger partial charge is 0.416 e. The number of aliphatic hydroxyl groups is 1. The first-order valence-electron chi connectivity index (χ1n) is 6.56. The highest BCUT2D eigenvalue weighted by Gasteiger charge is 2.30. The molecule has 1 atom stereocenters. The second-order valence-electron chi connectivity index (χ2n) is 4.76. The maximum atomic E-state index is 12.6. The highest BCUT2D eigenvalue weighted by Crippen LogP contribution is 2.30. The molecule has 0 heterocycles. The summed E-state index contributed by atoms with van der Waals surface area (Å²) in [5, 5.41) is 12.3. The normalized spacial score (nSPS) is 12.7. The van der Waals surface area contributed by atoms with Crippen molar-refractivity contribution in [2.24, 2.45) is 0 Å². The van der Waals surface area contributed by atoms with Gasteiger partial charge in [-0.2, -0.15) is 13.2 Å². The maximum Gasteiger partial charge on any atom is 0.416 e. The summed E-state index contributed by atoms with van der Waals surface area (Å²) < 4.78 is 37.8. The second kappa shape index (κ2) is 6.62. The van der Waals surface area contributed by atoms with Gasteiger partial charge in [-0.25, -0.2) is 0 Å². The Hall–Kier alpha value is -2.34. The van der Waals surface area contributed by atoms with Crippen molar-refractivity contribution in [2.45, 2.75) is 18.7 Å². The van der Waals surface area contributed by atoms with Gasteiger partial charge >= 0.3 is 6.18 Å². The molecule has 22 heavy (non-hydrogen) atoms. The highest BCUT2D eigenvalue weighted by atomic mass is 19.4. The van der Waals surface area contributed by atoms with E-state index in [0.29, 0.717) is 5.56 Å². The third kappa shape index (κ3) is 4.33. The number of halogens is 3. The Kier molecular flexibility index (Phi) is 4.82. The van der Waals surface area contributed by atoms with E-state index < -0.39 is 23.8 Å². The SMILES string of the molecule is O=C(CC(O)c1ccccc1)Nc1cccc(C(F)(F)F)c1. The van der Waals surface area contributed by atoms with Crippen LogP contribution >= 0.6 is 0 Å². The summed E-state index contributed by atoms with van der Waals surface area (Å²) >= 11 is 0. The molecular formula is C16H14F3NO2. The number of benzene rings is 2. The average molecular weight is 309 g/mol. The van der Waals surface area contributed by atoms with E-state index >= 15 is 0 Å². The van der Waals surface area contributed by atoms with Crippen molar-refractivity contribution in [3.05, 3.63) is 65.7 Å². The van der Waals surface area contributed by atoms with Crippen LogP contribution in [-0.4, -0.2) is 11.0 Å². The lowest BCUT2D eigenvalue weighted by Crippen LogP contribution is -2.16. The van der Waals surface area contributed by atoms with Gasteiger partial charge in [-0.15, -0.1) is 0 Å². The van der Waals surface area contributed by atoms with Crippen molar-refractivity contribution in [3.8, 4) is 0 Å². The minimum absolute atomic E-state index is 0.0417. The van der Waals surface area contributed by atoms with Crippen molar-refractivity contribution in [1.29, 1.82) is 0 Å². The monoisotopic (exact) mass is 309 g/mol. The fraction of sp³-hybridized carbons (Fsp3) is 0.188. The summed E-state index contributed by atoms with van der Waals surface area (Å²) in [5.41, 5.74) is -0.226. The highest BCUT2D eigenvalue weighted by molar-refractivity contribution is 5.91. The van der Waals surface area contributed by atoms with Crippen molar-refractivity contribution >= 4 is 11.6 Å². The van der Waals surface area contributed by atoms with Gasteiger partial charge in [0.05, 0.1) is 18.1 Å². The number of aliphatic hydroxyl groups excluding tert-OH is 1. The molecule has 2 rings (SSSR count). The van der Waals surface area contributed by atoms with Gasteiger partial charge < -0.3 is 10.4 Å². The van der Waals surface area contributed by atoms with E-state index in [1.54, 1.807) is 30.3 Å². The molecule has 0 radical (unpaired) electrons. The quantitative estimate of drug-likeness (QED) is 0.903. The number of rotatable bonds is 4. The summed E-state index contributed by atoms with van der Waals surface area (Å²) in [4.78, 5) is 11.8. The zero-order valence-corrected chi connectivity index (χ0v) is 11.5. The molecule has 0 saturated heterocycles. The van der Waals surface area contributed by atoms with Crippen LogP contribution in [0.5, 0.6) is 0 Å². The molecule has 3 nitrogen and oxygen atoms in total. The minimum Gasteiger partial charge on any atom is -0.388 e. The number of carbonyl (C=O) groups is 1.